The monoisotopic (exact) mass is 156 g/mol. The first-order valence-electron chi connectivity index (χ1n) is 4.29. The molecule has 0 aliphatic rings. The van der Waals surface area contributed by atoms with E-state index in [0.717, 1.165) is 12.8 Å². The molecule has 0 bridgehead atoms. The molecule has 0 fully saturated rings. The molecule has 0 aromatic rings. The standard InChI is InChI=1S/C10H17F/c1-3-5-6-7-9-10(11)8-4-2/h4,8-9H,3,5-7H2,1-2H3/b8-4-,10-9+. The summed E-state index contributed by atoms with van der Waals surface area (Å²) in [4.78, 5) is 0. The van der Waals surface area contributed by atoms with Crippen molar-refractivity contribution in [1.82, 2.24) is 0 Å². The second-order valence-corrected chi connectivity index (χ2v) is 2.58. The third kappa shape index (κ3) is 7.31. The number of hydrogen-bond acceptors (Lipinski definition) is 0. The van der Waals surface area contributed by atoms with Crippen LogP contribution < -0.4 is 0 Å². The molecule has 0 atom stereocenters. The van der Waals surface area contributed by atoms with E-state index in [9.17, 15) is 4.39 Å². The lowest BCUT2D eigenvalue weighted by molar-refractivity contribution is 0.649. The molecular formula is C10H17F. The van der Waals surface area contributed by atoms with E-state index in [1.165, 1.54) is 18.9 Å². The van der Waals surface area contributed by atoms with Crippen LogP contribution in [0, 0.1) is 0 Å². The van der Waals surface area contributed by atoms with E-state index in [2.05, 4.69) is 6.92 Å². The van der Waals surface area contributed by atoms with Crippen molar-refractivity contribution in [2.24, 2.45) is 0 Å². The molecule has 0 heterocycles. The molecule has 0 spiro atoms. The summed E-state index contributed by atoms with van der Waals surface area (Å²) >= 11 is 0. The number of hydrogen-bond donors (Lipinski definition) is 0. The Labute approximate surface area is 68.8 Å². The SMILES string of the molecule is C/C=C\C(F)=C/CCCCC. The van der Waals surface area contributed by atoms with Gasteiger partial charge in [0.25, 0.3) is 0 Å². The molecule has 11 heavy (non-hydrogen) atoms. The minimum absolute atomic E-state index is 0.108. The topological polar surface area (TPSA) is 0 Å². The second kappa shape index (κ2) is 7.52. The average Bonchev–Trinajstić information content (AvgIpc) is 1.99. The summed E-state index contributed by atoms with van der Waals surface area (Å²) < 4.78 is 12.6. The van der Waals surface area contributed by atoms with Crippen LogP contribution in [0.5, 0.6) is 0 Å². The summed E-state index contributed by atoms with van der Waals surface area (Å²) in [5.41, 5.74) is 0. The van der Waals surface area contributed by atoms with Crippen molar-refractivity contribution in [2.45, 2.75) is 39.5 Å². The van der Waals surface area contributed by atoms with Gasteiger partial charge in [0.05, 0.1) is 0 Å². The van der Waals surface area contributed by atoms with Gasteiger partial charge in [-0.3, -0.25) is 0 Å². The van der Waals surface area contributed by atoms with E-state index in [1.807, 2.05) is 6.92 Å². The molecule has 0 radical (unpaired) electrons. The smallest absolute Gasteiger partial charge is 0.118 e. The van der Waals surface area contributed by atoms with E-state index in [-0.39, 0.29) is 5.83 Å². The van der Waals surface area contributed by atoms with Crippen molar-refractivity contribution in [3.8, 4) is 0 Å². The van der Waals surface area contributed by atoms with Gasteiger partial charge in [0.1, 0.15) is 5.83 Å². The lowest BCUT2D eigenvalue weighted by atomic mass is 10.2. The second-order valence-electron chi connectivity index (χ2n) is 2.58. The molecule has 0 aromatic heterocycles. The summed E-state index contributed by atoms with van der Waals surface area (Å²) in [6.07, 6.45) is 9.21. The molecule has 0 nitrogen and oxygen atoms in total. The van der Waals surface area contributed by atoms with Crippen LogP contribution in [0.3, 0.4) is 0 Å². The summed E-state index contributed by atoms with van der Waals surface area (Å²) in [7, 11) is 0. The van der Waals surface area contributed by atoms with E-state index in [4.69, 9.17) is 0 Å². The van der Waals surface area contributed by atoms with Crippen molar-refractivity contribution in [2.75, 3.05) is 0 Å². The van der Waals surface area contributed by atoms with E-state index >= 15 is 0 Å². The van der Waals surface area contributed by atoms with Gasteiger partial charge in [-0.1, -0.05) is 25.8 Å². The third-order valence-corrected chi connectivity index (χ3v) is 1.47. The highest BCUT2D eigenvalue weighted by Crippen LogP contribution is 2.05. The maximum absolute atomic E-state index is 12.6. The van der Waals surface area contributed by atoms with Crippen LogP contribution in [0.1, 0.15) is 39.5 Å². The molecule has 64 valence electrons. The van der Waals surface area contributed by atoms with Crippen molar-refractivity contribution >= 4 is 0 Å². The minimum Gasteiger partial charge on any atom is -0.207 e. The van der Waals surface area contributed by atoms with Crippen molar-refractivity contribution < 1.29 is 4.39 Å². The normalized spacial score (nSPS) is 12.8. The zero-order valence-corrected chi connectivity index (χ0v) is 7.44. The van der Waals surface area contributed by atoms with Gasteiger partial charge < -0.3 is 0 Å². The van der Waals surface area contributed by atoms with Crippen molar-refractivity contribution in [3.63, 3.8) is 0 Å². The summed E-state index contributed by atoms with van der Waals surface area (Å²) in [6.45, 7) is 3.96. The molecule has 0 aromatic carbocycles. The van der Waals surface area contributed by atoms with Gasteiger partial charge >= 0.3 is 0 Å². The molecule has 0 amide bonds. The molecule has 0 unspecified atom stereocenters. The minimum atomic E-state index is -0.108. The van der Waals surface area contributed by atoms with Gasteiger partial charge in [-0.15, -0.1) is 0 Å². The van der Waals surface area contributed by atoms with Gasteiger partial charge in [0.15, 0.2) is 0 Å². The van der Waals surface area contributed by atoms with Crippen molar-refractivity contribution in [1.29, 1.82) is 0 Å². The van der Waals surface area contributed by atoms with Crippen LogP contribution in [0.15, 0.2) is 24.1 Å². The Balaban J connectivity index is 3.40. The number of halogens is 1. The van der Waals surface area contributed by atoms with Crippen LogP contribution in [0.4, 0.5) is 4.39 Å². The number of rotatable bonds is 5. The number of unbranched alkanes of at least 4 members (excludes halogenated alkanes) is 3. The molecule has 1 heteroatoms. The highest BCUT2D eigenvalue weighted by atomic mass is 19.1. The van der Waals surface area contributed by atoms with Crippen LogP contribution >= 0.6 is 0 Å². The van der Waals surface area contributed by atoms with E-state index < -0.39 is 0 Å². The third-order valence-electron chi connectivity index (χ3n) is 1.47. The average molecular weight is 156 g/mol. The molecule has 0 saturated carbocycles. The van der Waals surface area contributed by atoms with Gasteiger partial charge in [0, 0.05) is 0 Å². The van der Waals surface area contributed by atoms with Crippen molar-refractivity contribution in [3.05, 3.63) is 24.1 Å². The first kappa shape index (κ1) is 10.4. The Kier molecular flexibility index (Phi) is 7.11. The molecule has 0 N–H and O–H groups in total. The molecule has 0 saturated heterocycles. The molecule has 0 aliphatic carbocycles. The highest BCUT2D eigenvalue weighted by Gasteiger charge is 1.86. The summed E-state index contributed by atoms with van der Waals surface area (Å²) in [5, 5.41) is 0. The van der Waals surface area contributed by atoms with E-state index in [0.29, 0.717) is 0 Å². The fraction of sp³-hybridized carbons (Fsp3) is 0.600. The first-order valence-corrected chi connectivity index (χ1v) is 4.29. The highest BCUT2D eigenvalue weighted by molar-refractivity contribution is 5.09. The molecule has 0 rings (SSSR count). The Morgan fingerprint density at radius 2 is 2.09 bits per heavy atom. The van der Waals surface area contributed by atoms with Crippen LogP contribution in [0.2, 0.25) is 0 Å². The Morgan fingerprint density at radius 1 is 1.36 bits per heavy atom. The van der Waals surface area contributed by atoms with Crippen LogP contribution in [-0.4, -0.2) is 0 Å². The van der Waals surface area contributed by atoms with Crippen LogP contribution in [0.25, 0.3) is 0 Å². The predicted molar refractivity (Wildman–Crippen MR) is 48.1 cm³/mol. The Bertz CT molecular complexity index is 134. The Hall–Kier alpha value is -0.590. The van der Waals surface area contributed by atoms with Gasteiger partial charge in [-0.05, 0) is 31.9 Å². The van der Waals surface area contributed by atoms with E-state index in [1.54, 1.807) is 12.2 Å². The molecular weight excluding hydrogens is 139 g/mol. The van der Waals surface area contributed by atoms with Gasteiger partial charge in [-0.2, -0.15) is 0 Å². The maximum atomic E-state index is 12.6. The summed E-state index contributed by atoms with van der Waals surface area (Å²) in [5.74, 6) is -0.108. The zero-order chi connectivity index (χ0) is 8.53. The Morgan fingerprint density at radius 3 is 2.64 bits per heavy atom. The lowest BCUT2D eigenvalue weighted by Crippen LogP contribution is -1.72. The zero-order valence-electron chi connectivity index (χ0n) is 7.44. The fourth-order valence-electron chi connectivity index (χ4n) is 0.862. The fourth-order valence-corrected chi connectivity index (χ4v) is 0.862. The first-order chi connectivity index (χ1) is 5.31. The molecule has 0 aliphatic heterocycles. The predicted octanol–water partition coefficient (Wildman–Crippen LogP) is 4.00. The van der Waals surface area contributed by atoms with Gasteiger partial charge in [-0.25, -0.2) is 4.39 Å². The maximum Gasteiger partial charge on any atom is 0.118 e. The lowest BCUT2D eigenvalue weighted by Gasteiger charge is -1.91. The quantitative estimate of drug-likeness (QED) is 0.417. The largest absolute Gasteiger partial charge is 0.207 e. The summed E-state index contributed by atoms with van der Waals surface area (Å²) in [6, 6.07) is 0. The van der Waals surface area contributed by atoms with Gasteiger partial charge in [0.2, 0.25) is 0 Å². The van der Waals surface area contributed by atoms with Crippen LogP contribution in [-0.2, 0) is 0 Å². The number of allylic oxidation sites excluding steroid dienone is 4.